The molecule has 0 amide bonds. The Balaban J connectivity index is 1.63. The number of aromatic nitrogens is 3. The molecule has 0 bridgehead atoms. The Morgan fingerprint density at radius 2 is 2.03 bits per heavy atom. The molecular weight excluding hydrogens is 465 g/mol. The Morgan fingerprint density at radius 3 is 2.79 bits per heavy atom. The summed E-state index contributed by atoms with van der Waals surface area (Å²) in [6.07, 6.45) is 1.80. The second kappa shape index (κ2) is 8.19. The second-order valence-corrected chi connectivity index (χ2v) is 8.21. The van der Waals surface area contributed by atoms with Gasteiger partial charge in [0.1, 0.15) is 11.5 Å². The van der Waals surface area contributed by atoms with Crippen molar-refractivity contribution in [2.75, 3.05) is 7.11 Å². The summed E-state index contributed by atoms with van der Waals surface area (Å²) < 4.78 is 26.7. The standard InChI is InChI=1S/C23H16FN3O6S/c1-32-16-7-13(24)15(8-17(16)33-9-12-4-2-3-11-5-6-25-19(11)12)27-21(28)18-14(26-23(27)31)10-34-20(18)22(29)30/h2-8,10,25H,9H2,1H3,(H,26,31)(H,29,30). The molecule has 5 rings (SSSR count). The van der Waals surface area contributed by atoms with E-state index in [1.807, 2.05) is 24.3 Å². The number of aromatic carboxylic acids is 1. The smallest absolute Gasteiger partial charge is 0.346 e. The van der Waals surface area contributed by atoms with E-state index in [0.717, 1.165) is 33.9 Å². The van der Waals surface area contributed by atoms with E-state index in [0.29, 0.717) is 4.57 Å². The summed E-state index contributed by atoms with van der Waals surface area (Å²) in [5.41, 5.74) is -0.499. The number of ether oxygens (including phenoxy) is 2. The number of halogens is 1. The molecular formula is C23H16FN3O6S. The number of carboxylic acids is 1. The normalized spacial score (nSPS) is 11.2. The molecule has 11 heteroatoms. The zero-order valence-corrected chi connectivity index (χ0v) is 18.4. The summed E-state index contributed by atoms with van der Waals surface area (Å²) in [4.78, 5) is 42.6. The minimum absolute atomic E-state index is 0.0622. The van der Waals surface area contributed by atoms with Gasteiger partial charge in [0.2, 0.25) is 0 Å². The number of carbonyl (C=O) groups is 1. The average molecular weight is 481 g/mol. The summed E-state index contributed by atoms with van der Waals surface area (Å²) in [7, 11) is 1.34. The molecule has 0 unspecified atom stereocenters. The van der Waals surface area contributed by atoms with E-state index in [1.165, 1.54) is 18.6 Å². The van der Waals surface area contributed by atoms with Crippen molar-refractivity contribution in [3.63, 3.8) is 0 Å². The van der Waals surface area contributed by atoms with Gasteiger partial charge in [-0.2, -0.15) is 0 Å². The van der Waals surface area contributed by atoms with Gasteiger partial charge in [-0.1, -0.05) is 18.2 Å². The number of hydrogen-bond donors (Lipinski definition) is 3. The molecule has 0 spiro atoms. The molecule has 9 nitrogen and oxygen atoms in total. The number of para-hydroxylation sites is 1. The van der Waals surface area contributed by atoms with E-state index in [9.17, 15) is 19.5 Å². The molecule has 172 valence electrons. The third-order valence-electron chi connectivity index (χ3n) is 5.38. The molecule has 2 aromatic carbocycles. The second-order valence-electron chi connectivity index (χ2n) is 7.33. The predicted octanol–water partition coefficient (Wildman–Crippen LogP) is 3.65. The van der Waals surface area contributed by atoms with Gasteiger partial charge >= 0.3 is 11.7 Å². The number of thiophene rings is 1. The Kier molecular flexibility index (Phi) is 5.17. The highest BCUT2D eigenvalue weighted by Crippen LogP contribution is 2.33. The zero-order chi connectivity index (χ0) is 24.0. The summed E-state index contributed by atoms with van der Waals surface area (Å²) in [5, 5.41) is 11.5. The number of nitrogens with zero attached hydrogens (tertiary/aromatic N) is 1. The van der Waals surface area contributed by atoms with Crippen molar-refractivity contribution in [1.82, 2.24) is 14.5 Å². The van der Waals surface area contributed by atoms with Gasteiger partial charge in [0.05, 0.1) is 29.2 Å². The predicted molar refractivity (Wildman–Crippen MR) is 124 cm³/mol. The maximum absolute atomic E-state index is 15.0. The van der Waals surface area contributed by atoms with Crippen LogP contribution in [-0.2, 0) is 6.61 Å². The van der Waals surface area contributed by atoms with Crippen molar-refractivity contribution in [2.45, 2.75) is 6.61 Å². The van der Waals surface area contributed by atoms with Gasteiger partial charge in [-0.05, 0) is 11.5 Å². The molecule has 0 atom stereocenters. The number of fused-ring (bicyclic) bond motifs is 2. The van der Waals surface area contributed by atoms with Crippen molar-refractivity contribution in [2.24, 2.45) is 0 Å². The molecule has 3 aromatic heterocycles. The van der Waals surface area contributed by atoms with Crippen molar-refractivity contribution in [3.8, 4) is 17.2 Å². The van der Waals surface area contributed by atoms with Crippen LogP contribution in [0.25, 0.3) is 27.5 Å². The molecule has 0 saturated heterocycles. The molecule has 0 aliphatic rings. The number of carboxylic acid groups (broad SMARTS) is 1. The maximum Gasteiger partial charge on any atom is 0.346 e. The Hall–Kier alpha value is -4.38. The highest BCUT2D eigenvalue weighted by atomic mass is 32.1. The minimum Gasteiger partial charge on any atom is -0.493 e. The number of methoxy groups -OCH3 is 1. The van der Waals surface area contributed by atoms with E-state index in [1.54, 1.807) is 6.20 Å². The first-order valence-corrected chi connectivity index (χ1v) is 10.8. The average Bonchev–Trinajstić information content (AvgIpc) is 3.46. The summed E-state index contributed by atoms with van der Waals surface area (Å²) in [6.45, 7) is 0.0945. The first-order chi connectivity index (χ1) is 16.4. The number of benzene rings is 2. The fourth-order valence-electron chi connectivity index (χ4n) is 3.81. The first-order valence-electron chi connectivity index (χ1n) is 9.94. The van der Waals surface area contributed by atoms with Crippen LogP contribution in [0.1, 0.15) is 15.2 Å². The van der Waals surface area contributed by atoms with Gasteiger partial charge in [-0.25, -0.2) is 18.5 Å². The molecule has 0 saturated carbocycles. The number of H-pyrrole nitrogens is 2. The van der Waals surface area contributed by atoms with Crippen LogP contribution in [0.15, 0.2) is 57.6 Å². The third kappa shape index (κ3) is 3.42. The van der Waals surface area contributed by atoms with Crippen LogP contribution >= 0.6 is 11.3 Å². The van der Waals surface area contributed by atoms with Crippen LogP contribution in [0.4, 0.5) is 4.39 Å². The monoisotopic (exact) mass is 481 g/mol. The lowest BCUT2D eigenvalue weighted by atomic mass is 10.1. The van der Waals surface area contributed by atoms with Crippen LogP contribution in [0.5, 0.6) is 11.5 Å². The lowest BCUT2D eigenvalue weighted by Gasteiger charge is -2.14. The van der Waals surface area contributed by atoms with Crippen LogP contribution in [0.2, 0.25) is 0 Å². The van der Waals surface area contributed by atoms with Crippen LogP contribution in [-0.4, -0.2) is 32.7 Å². The first kappa shape index (κ1) is 21.5. The Labute approximate surface area is 193 Å². The fourth-order valence-corrected chi connectivity index (χ4v) is 4.64. The number of hydrogen-bond acceptors (Lipinski definition) is 6. The van der Waals surface area contributed by atoms with Crippen molar-refractivity contribution >= 4 is 39.1 Å². The minimum atomic E-state index is -1.33. The molecule has 34 heavy (non-hydrogen) atoms. The summed E-state index contributed by atoms with van der Waals surface area (Å²) in [6, 6.07) is 9.77. The highest BCUT2D eigenvalue weighted by Gasteiger charge is 2.22. The van der Waals surface area contributed by atoms with Gasteiger partial charge in [0.15, 0.2) is 17.3 Å². The molecule has 3 N–H and O–H groups in total. The van der Waals surface area contributed by atoms with Gasteiger partial charge < -0.3 is 24.5 Å². The van der Waals surface area contributed by atoms with Crippen LogP contribution in [0.3, 0.4) is 0 Å². The van der Waals surface area contributed by atoms with Crippen molar-refractivity contribution in [3.05, 3.63) is 85.1 Å². The number of rotatable bonds is 6. The van der Waals surface area contributed by atoms with Gasteiger partial charge in [-0.3, -0.25) is 4.79 Å². The topological polar surface area (TPSA) is 126 Å². The van der Waals surface area contributed by atoms with Crippen LogP contribution < -0.4 is 20.7 Å². The lowest BCUT2D eigenvalue weighted by Crippen LogP contribution is -2.34. The highest BCUT2D eigenvalue weighted by molar-refractivity contribution is 7.13. The Bertz CT molecular complexity index is 1700. The van der Waals surface area contributed by atoms with Gasteiger partial charge in [0.25, 0.3) is 5.56 Å². The number of aromatic amines is 2. The Morgan fingerprint density at radius 1 is 1.21 bits per heavy atom. The molecule has 0 aliphatic carbocycles. The molecule has 0 radical (unpaired) electrons. The number of nitrogens with one attached hydrogen (secondary N) is 2. The van der Waals surface area contributed by atoms with Crippen molar-refractivity contribution in [1.29, 1.82) is 0 Å². The van der Waals surface area contributed by atoms with Crippen LogP contribution in [0, 0.1) is 5.82 Å². The van der Waals surface area contributed by atoms with E-state index < -0.39 is 28.7 Å². The van der Waals surface area contributed by atoms with Gasteiger partial charge in [-0.15, -0.1) is 11.3 Å². The molecule has 0 aliphatic heterocycles. The van der Waals surface area contributed by atoms with E-state index >= 15 is 4.39 Å². The van der Waals surface area contributed by atoms with E-state index in [2.05, 4.69) is 9.97 Å². The maximum atomic E-state index is 15.0. The third-order valence-corrected chi connectivity index (χ3v) is 6.35. The molecule has 0 fully saturated rings. The van der Waals surface area contributed by atoms with Crippen molar-refractivity contribution < 1.29 is 23.8 Å². The SMILES string of the molecule is COc1cc(F)c(-n2c(=O)[nH]c3csc(C(=O)O)c3c2=O)cc1OCc1cccc2cc[nH]c12. The lowest BCUT2D eigenvalue weighted by molar-refractivity contribution is 0.0704. The largest absolute Gasteiger partial charge is 0.493 e. The summed E-state index contributed by atoms with van der Waals surface area (Å²) in [5.74, 6) is -2.09. The summed E-state index contributed by atoms with van der Waals surface area (Å²) >= 11 is 0.794. The fraction of sp³-hybridized carbons (Fsp3) is 0.0870. The van der Waals surface area contributed by atoms with E-state index in [-0.39, 0.29) is 33.9 Å². The molecule has 3 heterocycles. The van der Waals surface area contributed by atoms with Gasteiger partial charge in [0, 0.05) is 29.3 Å². The quantitative estimate of drug-likeness (QED) is 0.340. The van der Waals surface area contributed by atoms with E-state index in [4.69, 9.17) is 9.47 Å². The zero-order valence-electron chi connectivity index (χ0n) is 17.5. The molecule has 5 aromatic rings.